The zero-order valence-electron chi connectivity index (χ0n) is 14.7. The van der Waals surface area contributed by atoms with E-state index in [1.807, 2.05) is 6.07 Å². The van der Waals surface area contributed by atoms with E-state index in [1.165, 1.54) is 0 Å². The van der Waals surface area contributed by atoms with Gasteiger partial charge in [-0.05, 0) is 30.7 Å². The predicted molar refractivity (Wildman–Crippen MR) is 99.2 cm³/mol. The van der Waals surface area contributed by atoms with Gasteiger partial charge in [-0.15, -0.1) is 0 Å². The summed E-state index contributed by atoms with van der Waals surface area (Å²) in [6, 6.07) is 14.0. The molecule has 0 saturated heterocycles. The quantitative estimate of drug-likeness (QED) is 0.717. The fraction of sp³-hybridized carbons (Fsp3) is 0.300. The van der Waals surface area contributed by atoms with Gasteiger partial charge in [0.15, 0.2) is 0 Å². The van der Waals surface area contributed by atoms with Crippen molar-refractivity contribution in [2.24, 2.45) is 0 Å². The van der Waals surface area contributed by atoms with Crippen LogP contribution in [0.4, 0.5) is 5.69 Å². The van der Waals surface area contributed by atoms with Crippen LogP contribution < -0.4 is 15.4 Å². The molecule has 0 aromatic heterocycles. The number of anilines is 1. The summed E-state index contributed by atoms with van der Waals surface area (Å²) in [6.07, 6.45) is 3.15. The fourth-order valence-corrected chi connectivity index (χ4v) is 2.43. The highest BCUT2D eigenvalue weighted by atomic mass is 16.5. The van der Waals surface area contributed by atoms with Crippen LogP contribution in [0.5, 0.6) is 5.75 Å². The molecule has 2 amide bonds. The number of carbonyl (C=O) groups excluding carboxylic acids is 2. The average molecular weight is 340 g/mol. The molecule has 0 aliphatic heterocycles. The van der Waals surface area contributed by atoms with Gasteiger partial charge in [0.25, 0.3) is 11.8 Å². The molecule has 2 aromatic carbocycles. The molecular formula is C20H24N2O3. The van der Waals surface area contributed by atoms with E-state index < -0.39 is 0 Å². The van der Waals surface area contributed by atoms with Crippen LogP contribution in [0, 0.1) is 0 Å². The van der Waals surface area contributed by atoms with Crippen molar-refractivity contribution in [1.82, 2.24) is 5.32 Å². The number of unbranched alkanes of at least 4 members (excludes halogenated alkanes) is 2. The Labute approximate surface area is 148 Å². The lowest BCUT2D eigenvalue weighted by molar-refractivity contribution is 0.0964. The summed E-state index contributed by atoms with van der Waals surface area (Å²) in [7, 11) is 1.56. The number of rotatable bonds is 8. The van der Waals surface area contributed by atoms with Crippen LogP contribution in [0.15, 0.2) is 48.5 Å². The third-order valence-corrected chi connectivity index (χ3v) is 3.78. The number of hydrogen-bond acceptors (Lipinski definition) is 3. The first kappa shape index (κ1) is 18.5. The first-order valence-corrected chi connectivity index (χ1v) is 8.51. The van der Waals surface area contributed by atoms with Crippen LogP contribution >= 0.6 is 0 Å². The third-order valence-electron chi connectivity index (χ3n) is 3.78. The van der Waals surface area contributed by atoms with Crippen LogP contribution in [0.25, 0.3) is 0 Å². The second-order valence-electron chi connectivity index (χ2n) is 5.63. The average Bonchev–Trinajstić information content (AvgIpc) is 2.65. The maximum absolute atomic E-state index is 12.7. The molecule has 0 unspecified atom stereocenters. The van der Waals surface area contributed by atoms with E-state index in [0.717, 1.165) is 19.3 Å². The second-order valence-corrected chi connectivity index (χ2v) is 5.63. The molecule has 0 aliphatic rings. The van der Waals surface area contributed by atoms with E-state index in [4.69, 9.17) is 4.74 Å². The molecule has 2 rings (SSSR count). The van der Waals surface area contributed by atoms with Crippen molar-refractivity contribution in [3.63, 3.8) is 0 Å². The van der Waals surface area contributed by atoms with Gasteiger partial charge in [0.05, 0.1) is 23.4 Å². The number of para-hydroxylation sites is 2. The molecule has 0 atom stereocenters. The molecule has 0 radical (unpaired) electrons. The smallest absolute Gasteiger partial charge is 0.259 e. The van der Waals surface area contributed by atoms with Gasteiger partial charge in [-0.25, -0.2) is 0 Å². The molecule has 0 fully saturated rings. The van der Waals surface area contributed by atoms with Crippen LogP contribution in [-0.4, -0.2) is 25.5 Å². The van der Waals surface area contributed by atoms with Gasteiger partial charge in [-0.2, -0.15) is 0 Å². The van der Waals surface area contributed by atoms with Crippen LogP contribution in [0.1, 0.15) is 46.9 Å². The highest BCUT2D eigenvalue weighted by Crippen LogP contribution is 2.22. The summed E-state index contributed by atoms with van der Waals surface area (Å²) in [5.74, 6) is -0.00373. The molecule has 0 saturated carbocycles. The van der Waals surface area contributed by atoms with Crippen molar-refractivity contribution in [2.45, 2.75) is 26.2 Å². The van der Waals surface area contributed by atoms with Gasteiger partial charge < -0.3 is 15.4 Å². The normalized spacial score (nSPS) is 10.2. The van der Waals surface area contributed by atoms with Crippen molar-refractivity contribution in [3.8, 4) is 5.75 Å². The summed E-state index contributed by atoms with van der Waals surface area (Å²) < 4.78 is 5.76. The number of benzene rings is 2. The summed E-state index contributed by atoms with van der Waals surface area (Å²) in [4.78, 5) is 24.6. The number of nitrogens with one attached hydrogen (secondary N) is 2. The zero-order valence-corrected chi connectivity index (χ0v) is 14.7. The van der Waals surface area contributed by atoms with E-state index in [0.29, 0.717) is 29.2 Å². The molecule has 5 nitrogen and oxygen atoms in total. The third kappa shape index (κ3) is 5.08. The van der Waals surface area contributed by atoms with Gasteiger partial charge in [0, 0.05) is 7.05 Å². The minimum absolute atomic E-state index is 0.250. The second kappa shape index (κ2) is 9.47. The molecule has 0 aliphatic carbocycles. The summed E-state index contributed by atoms with van der Waals surface area (Å²) in [5.41, 5.74) is 1.33. The summed E-state index contributed by atoms with van der Waals surface area (Å²) in [6.45, 7) is 2.71. The summed E-state index contributed by atoms with van der Waals surface area (Å²) >= 11 is 0. The SMILES string of the molecule is CCCCCOc1ccccc1C(=O)Nc1ccccc1C(=O)NC. The van der Waals surface area contributed by atoms with E-state index in [1.54, 1.807) is 49.5 Å². The summed E-state index contributed by atoms with van der Waals surface area (Å²) in [5, 5.41) is 5.38. The van der Waals surface area contributed by atoms with Crippen molar-refractivity contribution in [3.05, 3.63) is 59.7 Å². The maximum atomic E-state index is 12.7. The Morgan fingerprint density at radius 2 is 1.60 bits per heavy atom. The largest absolute Gasteiger partial charge is 0.493 e. The lowest BCUT2D eigenvalue weighted by Crippen LogP contribution is -2.21. The first-order chi connectivity index (χ1) is 12.2. The van der Waals surface area contributed by atoms with Crippen molar-refractivity contribution < 1.29 is 14.3 Å². The van der Waals surface area contributed by atoms with Crippen LogP contribution in [0.2, 0.25) is 0 Å². The highest BCUT2D eigenvalue weighted by Gasteiger charge is 2.16. The zero-order chi connectivity index (χ0) is 18.1. The van der Waals surface area contributed by atoms with Gasteiger partial charge in [0.1, 0.15) is 5.75 Å². The number of hydrogen-bond donors (Lipinski definition) is 2. The van der Waals surface area contributed by atoms with Crippen LogP contribution in [0.3, 0.4) is 0 Å². The first-order valence-electron chi connectivity index (χ1n) is 8.51. The molecule has 5 heteroatoms. The molecule has 0 spiro atoms. The van der Waals surface area contributed by atoms with E-state index in [9.17, 15) is 9.59 Å². The minimum Gasteiger partial charge on any atom is -0.493 e. The van der Waals surface area contributed by atoms with Crippen molar-refractivity contribution in [1.29, 1.82) is 0 Å². The number of amides is 2. The minimum atomic E-state index is -0.303. The van der Waals surface area contributed by atoms with E-state index in [2.05, 4.69) is 17.6 Å². The maximum Gasteiger partial charge on any atom is 0.259 e. The van der Waals surface area contributed by atoms with Gasteiger partial charge in [0.2, 0.25) is 0 Å². The van der Waals surface area contributed by atoms with Crippen molar-refractivity contribution in [2.75, 3.05) is 19.0 Å². The number of ether oxygens (including phenoxy) is 1. The molecule has 0 heterocycles. The van der Waals surface area contributed by atoms with E-state index in [-0.39, 0.29) is 11.8 Å². The Morgan fingerprint density at radius 1 is 0.920 bits per heavy atom. The molecule has 132 valence electrons. The Balaban J connectivity index is 2.15. The number of carbonyl (C=O) groups is 2. The predicted octanol–water partition coefficient (Wildman–Crippen LogP) is 3.87. The lowest BCUT2D eigenvalue weighted by atomic mass is 10.1. The fourth-order valence-electron chi connectivity index (χ4n) is 2.43. The Bertz CT molecular complexity index is 728. The molecule has 25 heavy (non-hydrogen) atoms. The standard InChI is InChI=1S/C20H24N2O3/c1-3-4-9-14-25-18-13-8-6-11-16(18)20(24)22-17-12-7-5-10-15(17)19(23)21-2/h5-8,10-13H,3-4,9,14H2,1-2H3,(H,21,23)(H,22,24). The highest BCUT2D eigenvalue weighted by molar-refractivity contribution is 6.10. The van der Waals surface area contributed by atoms with Gasteiger partial charge in [-0.1, -0.05) is 44.0 Å². The Morgan fingerprint density at radius 3 is 2.32 bits per heavy atom. The van der Waals surface area contributed by atoms with Crippen LogP contribution in [-0.2, 0) is 0 Å². The molecule has 2 aromatic rings. The topological polar surface area (TPSA) is 67.4 Å². The Hall–Kier alpha value is -2.82. The van der Waals surface area contributed by atoms with E-state index >= 15 is 0 Å². The molecule has 0 bridgehead atoms. The van der Waals surface area contributed by atoms with Gasteiger partial charge in [-0.3, -0.25) is 9.59 Å². The Kier molecular flexibility index (Phi) is 7.01. The monoisotopic (exact) mass is 340 g/mol. The molecular weight excluding hydrogens is 316 g/mol. The molecule has 2 N–H and O–H groups in total. The van der Waals surface area contributed by atoms with Crippen molar-refractivity contribution >= 4 is 17.5 Å². The lowest BCUT2D eigenvalue weighted by Gasteiger charge is -2.13. The van der Waals surface area contributed by atoms with Gasteiger partial charge >= 0.3 is 0 Å².